The number of carboxylic acid groups (broad SMARTS) is 6. The molecule has 12 heteroatoms. The van der Waals surface area contributed by atoms with Gasteiger partial charge in [-0.1, -0.05) is 97.1 Å². The van der Waals surface area contributed by atoms with E-state index in [4.69, 9.17) is 0 Å². The lowest BCUT2D eigenvalue weighted by atomic mass is 9.91. The SMILES string of the molecule is O=C([O-])/C=C/c1cc(/C=C/C(=O)[O-])cc(-c2ccc(-c3cc(-c4ccc(-c5cc(/C=C/C(=O)[O-])cc(/C=C/C(=O)O)c5)cc4)cc(-c4ccc(-c5cc(/C=C/C(=O)[O-])cc(/C=C/C(=O)O)c5)cc4)c3)cc2)c1. The van der Waals surface area contributed by atoms with Gasteiger partial charge in [-0.25, -0.2) is 9.59 Å². The molecule has 0 unspecified atom stereocenters. The monoisotopic (exact) mass is 950 g/mol. The molecule has 2 N–H and O–H groups in total. The van der Waals surface area contributed by atoms with Crippen molar-refractivity contribution >= 4 is 72.3 Å². The molecular formula is C60H38O12-4. The van der Waals surface area contributed by atoms with Gasteiger partial charge in [0.1, 0.15) is 0 Å². The quantitative estimate of drug-likeness (QED) is 0.0833. The molecule has 72 heavy (non-hydrogen) atoms. The van der Waals surface area contributed by atoms with Gasteiger partial charge in [-0.15, -0.1) is 0 Å². The Morgan fingerprint density at radius 1 is 0.250 bits per heavy atom. The maximum Gasteiger partial charge on any atom is 0.328 e. The number of aliphatic carboxylic acids is 6. The van der Waals surface area contributed by atoms with Crippen molar-refractivity contribution in [2.45, 2.75) is 0 Å². The van der Waals surface area contributed by atoms with Crippen molar-refractivity contribution in [1.82, 2.24) is 0 Å². The third kappa shape index (κ3) is 13.9. The molecule has 0 saturated heterocycles. The Balaban J connectivity index is 1.31. The van der Waals surface area contributed by atoms with E-state index in [1.807, 2.05) is 91.0 Å². The minimum Gasteiger partial charge on any atom is -0.545 e. The van der Waals surface area contributed by atoms with Crippen LogP contribution in [0.3, 0.4) is 0 Å². The fourth-order valence-corrected chi connectivity index (χ4v) is 7.79. The molecule has 0 aliphatic carbocycles. The first-order valence-corrected chi connectivity index (χ1v) is 21.8. The molecule has 0 bridgehead atoms. The fourth-order valence-electron chi connectivity index (χ4n) is 7.79. The number of rotatable bonds is 18. The minimum absolute atomic E-state index is 0.500. The Kier molecular flexibility index (Phi) is 15.7. The molecule has 0 aliphatic heterocycles. The molecule has 0 atom stereocenters. The second kappa shape index (κ2) is 22.7. The summed E-state index contributed by atoms with van der Waals surface area (Å²) in [5, 5.41) is 63.3. The van der Waals surface area contributed by atoms with Crippen LogP contribution in [-0.4, -0.2) is 46.0 Å². The molecule has 0 spiro atoms. The van der Waals surface area contributed by atoms with Crippen LogP contribution in [0.1, 0.15) is 33.4 Å². The van der Waals surface area contributed by atoms with Crippen molar-refractivity contribution in [3.05, 3.63) is 215 Å². The molecule has 0 amide bonds. The van der Waals surface area contributed by atoms with E-state index in [0.29, 0.717) is 50.1 Å². The summed E-state index contributed by atoms with van der Waals surface area (Å²) in [6, 6.07) is 44.7. The van der Waals surface area contributed by atoms with E-state index in [9.17, 15) is 59.4 Å². The van der Waals surface area contributed by atoms with Gasteiger partial charge in [-0.3, -0.25) is 0 Å². The standard InChI is InChI=1S/C60H42O12/c61-55(62)19-1-37-25-38(2-20-56(63)64)29-49(28-37)43-7-13-46(14-8-43)52-34-53(47-15-9-44(10-16-47)50-30-39(3-21-57(65)66)26-40(31-50)4-22-58(67)68)36-54(35-52)48-17-11-45(12-18-48)51-32-41(5-23-59(69)70)27-42(33-51)6-24-60(71)72/h1-36H,(H,61,62)(H,63,64)(H,65,66)(H,67,68)(H,69,70)(H,71,72)/p-4/b19-1+,20-2+,21-3+,22-4+,23-5+,24-6+. The average Bonchev–Trinajstić information content (AvgIpc) is 3.37. The van der Waals surface area contributed by atoms with E-state index < -0.39 is 35.8 Å². The van der Waals surface area contributed by atoms with E-state index in [1.54, 1.807) is 54.6 Å². The Hall–Kier alpha value is -10.2. The maximum atomic E-state index is 11.3. The van der Waals surface area contributed by atoms with Gasteiger partial charge in [0.2, 0.25) is 0 Å². The lowest BCUT2D eigenvalue weighted by molar-refractivity contribution is -0.298. The Morgan fingerprint density at radius 2 is 0.417 bits per heavy atom. The molecule has 7 aromatic carbocycles. The molecule has 0 radical (unpaired) electrons. The van der Waals surface area contributed by atoms with Crippen LogP contribution in [0, 0.1) is 0 Å². The van der Waals surface area contributed by atoms with Crippen LogP contribution in [0.5, 0.6) is 0 Å². The number of hydrogen-bond donors (Lipinski definition) is 2. The number of hydrogen-bond acceptors (Lipinski definition) is 10. The predicted molar refractivity (Wildman–Crippen MR) is 269 cm³/mol. The van der Waals surface area contributed by atoms with Crippen LogP contribution >= 0.6 is 0 Å². The summed E-state index contributed by atoms with van der Waals surface area (Å²) >= 11 is 0. The summed E-state index contributed by atoms with van der Waals surface area (Å²) in [7, 11) is 0. The van der Waals surface area contributed by atoms with Crippen molar-refractivity contribution in [3.63, 3.8) is 0 Å². The Bertz CT molecular complexity index is 2940. The molecule has 0 aliphatic rings. The molecular weight excluding hydrogens is 913 g/mol. The van der Waals surface area contributed by atoms with Crippen molar-refractivity contribution in [1.29, 1.82) is 0 Å². The summed E-state index contributed by atoms with van der Waals surface area (Å²) in [6.45, 7) is 0. The second-order valence-corrected chi connectivity index (χ2v) is 16.1. The van der Waals surface area contributed by atoms with Crippen LogP contribution in [0.25, 0.3) is 103 Å². The zero-order chi connectivity index (χ0) is 51.3. The molecule has 354 valence electrons. The first-order valence-electron chi connectivity index (χ1n) is 21.8. The van der Waals surface area contributed by atoms with E-state index in [1.165, 1.54) is 36.5 Å². The highest BCUT2D eigenvalue weighted by atomic mass is 16.4. The van der Waals surface area contributed by atoms with Crippen molar-refractivity contribution in [2.24, 2.45) is 0 Å². The average molecular weight is 951 g/mol. The molecule has 12 nitrogen and oxygen atoms in total. The lowest BCUT2D eigenvalue weighted by Crippen LogP contribution is -2.18. The molecule has 0 fully saturated rings. The highest BCUT2D eigenvalue weighted by molar-refractivity contribution is 5.91. The first-order chi connectivity index (χ1) is 34.5. The van der Waals surface area contributed by atoms with Gasteiger partial charge < -0.3 is 49.8 Å². The largest absolute Gasteiger partial charge is 0.545 e. The topological polar surface area (TPSA) is 235 Å². The van der Waals surface area contributed by atoms with Crippen molar-refractivity contribution in [2.75, 3.05) is 0 Å². The molecule has 0 saturated carbocycles. The summed E-state index contributed by atoms with van der Waals surface area (Å²) in [5.74, 6) is -7.83. The molecule has 0 heterocycles. The Labute approximate surface area is 412 Å². The van der Waals surface area contributed by atoms with Crippen molar-refractivity contribution in [3.8, 4) is 66.8 Å². The normalized spacial score (nSPS) is 11.7. The minimum atomic E-state index is -1.39. The number of carboxylic acids is 6. The van der Waals surface area contributed by atoms with Crippen LogP contribution in [0.2, 0.25) is 0 Å². The molecule has 0 aromatic heterocycles. The van der Waals surface area contributed by atoms with Gasteiger partial charge in [-0.2, -0.15) is 0 Å². The van der Waals surface area contributed by atoms with Gasteiger partial charge >= 0.3 is 11.9 Å². The predicted octanol–water partition coefficient (Wildman–Crippen LogP) is 6.94. The number of carbonyl (C=O) groups is 6. The maximum absolute atomic E-state index is 11.3. The van der Waals surface area contributed by atoms with Gasteiger partial charge in [-0.05, 0) is 209 Å². The van der Waals surface area contributed by atoms with E-state index in [2.05, 4.69) is 0 Å². The summed E-state index contributed by atoms with van der Waals surface area (Å²) in [6.07, 6.45) is 13.8. The summed E-state index contributed by atoms with van der Waals surface area (Å²) in [4.78, 5) is 67.4. The van der Waals surface area contributed by atoms with Crippen LogP contribution < -0.4 is 20.4 Å². The van der Waals surface area contributed by atoms with E-state index in [-0.39, 0.29) is 0 Å². The fraction of sp³-hybridized carbons (Fsp3) is 0. The molecule has 7 rings (SSSR count). The summed E-state index contributed by atoms with van der Waals surface area (Å²) < 4.78 is 0. The highest BCUT2D eigenvalue weighted by Crippen LogP contribution is 2.37. The van der Waals surface area contributed by atoms with E-state index in [0.717, 1.165) is 86.5 Å². The summed E-state index contributed by atoms with van der Waals surface area (Å²) in [5.41, 5.74) is 12.6. The number of benzene rings is 7. The van der Waals surface area contributed by atoms with Gasteiger partial charge in [0.15, 0.2) is 0 Å². The molecule has 7 aromatic rings. The van der Waals surface area contributed by atoms with E-state index >= 15 is 0 Å². The highest BCUT2D eigenvalue weighted by Gasteiger charge is 2.12. The van der Waals surface area contributed by atoms with Gasteiger partial charge in [0, 0.05) is 12.2 Å². The van der Waals surface area contributed by atoms with Crippen molar-refractivity contribution < 1.29 is 59.4 Å². The Morgan fingerprint density at radius 3 is 0.583 bits per heavy atom. The second-order valence-electron chi connectivity index (χ2n) is 16.1. The zero-order valence-corrected chi connectivity index (χ0v) is 37.8. The van der Waals surface area contributed by atoms with Crippen LogP contribution in [0.15, 0.2) is 182 Å². The third-order valence-corrected chi connectivity index (χ3v) is 11.0. The lowest BCUT2D eigenvalue weighted by Gasteiger charge is -2.14. The van der Waals surface area contributed by atoms with Crippen LogP contribution in [0.4, 0.5) is 0 Å². The third-order valence-electron chi connectivity index (χ3n) is 11.0. The smallest absolute Gasteiger partial charge is 0.328 e. The number of carbonyl (C=O) groups excluding carboxylic acids is 4. The van der Waals surface area contributed by atoms with Crippen LogP contribution in [-0.2, 0) is 28.8 Å². The van der Waals surface area contributed by atoms with Gasteiger partial charge in [0.05, 0.1) is 23.9 Å². The first kappa shape index (κ1) is 49.7. The van der Waals surface area contributed by atoms with Gasteiger partial charge in [0.25, 0.3) is 0 Å². The zero-order valence-electron chi connectivity index (χ0n) is 37.8.